The van der Waals surface area contributed by atoms with E-state index in [1.165, 1.54) is 15.6 Å². The van der Waals surface area contributed by atoms with Gasteiger partial charge in [0.2, 0.25) is 5.91 Å². The van der Waals surface area contributed by atoms with E-state index in [0.29, 0.717) is 23.6 Å². The molecule has 0 unspecified atom stereocenters. The van der Waals surface area contributed by atoms with Gasteiger partial charge in [-0.3, -0.25) is 4.79 Å². The number of nitrogens with zero attached hydrogens (tertiary/aromatic N) is 1. The Balaban J connectivity index is 1.64. The van der Waals surface area contributed by atoms with Crippen LogP contribution >= 0.6 is 11.3 Å². The number of sulfonamides is 1. The van der Waals surface area contributed by atoms with Crippen molar-refractivity contribution in [2.45, 2.75) is 30.0 Å². The van der Waals surface area contributed by atoms with Crippen LogP contribution in [0.5, 0.6) is 5.75 Å². The molecule has 3 rings (SSSR count). The van der Waals surface area contributed by atoms with E-state index >= 15 is 0 Å². The molecule has 1 aromatic heterocycles. The molecule has 2 atom stereocenters. The summed E-state index contributed by atoms with van der Waals surface area (Å²) in [5.41, 5.74) is 0.975. The molecular weight excluding hydrogens is 384 g/mol. The number of ether oxygens (including phenoxy) is 1. The van der Waals surface area contributed by atoms with Gasteiger partial charge < -0.3 is 10.1 Å². The van der Waals surface area contributed by atoms with Gasteiger partial charge in [0.25, 0.3) is 10.0 Å². The van der Waals surface area contributed by atoms with Gasteiger partial charge in [0.05, 0.1) is 19.1 Å². The Hall–Kier alpha value is -1.90. The Morgan fingerprint density at radius 3 is 2.67 bits per heavy atom. The number of piperidine rings is 1. The Labute approximate surface area is 164 Å². The highest BCUT2D eigenvalue weighted by Gasteiger charge is 2.34. The van der Waals surface area contributed by atoms with Crippen molar-refractivity contribution >= 4 is 27.3 Å². The molecule has 0 saturated carbocycles. The van der Waals surface area contributed by atoms with E-state index < -0.39 is 10.0 Å². The summed E-state index contributed by atoms with van der Waals surface area (Å²) in [5, 5.41) is 4.76. The number of benzene rings is 1. The maximum absolute atomic E-state index is 12.7. The molecule has 8 heteroatoms. The first kappa shape index (κ1) is 19.9. The van der Waals surface area contributed by atoms with Crippen molar-refractivity contribution in [1.82, 2.24) is 9.62 Å². The number of amides is 1. The lowest BCUT2D eigenvalue weighted by atomic mass is 9.98. The quantitative estimate of drug-likeness (QED) is 0.797. The van der Waals surface area contributed by atoms with Crippen LogP contribution in [0.3, 0.4) is 0 Å². The van der Waals surface area contributed by atoms with Crippen molar-refractivity contribution in [3.63, 3.8) is 0 Å². The van der Waals surface area contributed by atoms with Crippen LogP contribution in [0.1, 0.15) is 31.4 Å². The molecule has 27 heavy (non-hydrogen) atoms. The lowest BCUT2D eigenvalue weighted by molar-refractivity contribution is -0.126. The second kappa shape index (κ2) is 8.41. The fourth-order valence-electron chi connectivity index (χ4n) is 3.22. The minimum absolute atomic E-state index is 0.107. The molecule has 1 aliphatic rings. The molecule has 6 nitrogen and oxygen atoms in total. The molecule has 1 saturated heterocycles. The predicted molar refractivity (Wildman–Crippen MR) is 105 cm³/mol. The maximum Gasteiger partial charge on any atom is 0.252 e. The van der Waals surface area contributed by atoms with Gasteiger partial charge in [0, 0.05) is 13.1 Å². The van der Waals surface area contributed by atoms with Gasteiger partial charge in [-0.25, -0.2) is 8.42 Å². The summed E-state index contributed by atoms with van der Waals surface area (Å²) >= 11 is 1.20. The minimum atomic E-state index is -3.52. The third kappa shape index (κ3) is 4.51. The van der Waals surface area contributed by atoms with Crippen molar-refractivity contribution in [2.75, 3.05) is 20.2 Å². The highest BCUT2D eigenvalue weighted by Crippen LogP contribution is 2.27. The Kier molecular flexibility index (Phi) is 6.18. The fourth-order valence-corrected chi connectivity index (χ4v) is 5.89. The monoisotopic (exact) mass is 408 g/mol. The Bertz CT molecular complexity index is 864. The topological polar surface area (TPSA) is 75.7 Å². The number of hydrogen-bond donors (Lipinski definition) is 1. The molecule has 2 heterocycles. The van der Waals surface area contributed by atoms with Crippen molar-refractivity contribution in [3.8, 4) is 5.75 Å². The molecule has 0 spiro atoms. The molecule has 1 fully saturated rings. The van der Waals surface area contributed by atoms with E-state index in [9.17, 15) is 13.2 Å². The number of carbonyl (C=O) groups is 1. The van der Waals surface area contributed by atoms with Crippen molar-refractivity contribution in [1.29, 1.82) is 0 Å². The second-order valence-corrected chi connectivity index (χ2v) is 9.75. The van der Waals surface area contributed by atoms with Crippen LogP contribution in [0.4, 0.5) is 0 Å². The number of nitrogens with one attached hydrogen (secondary N) is 1. The highest BCUT2D eigenvalue weighted by atomic mass is 32.2. The van der Waals surface area contributed by atoms with Crippen LogP contribution in [0, 0.1) is 5.92 Å². The largest absolute Gasteiger partial charge is 0.497 e. The molecule has 1 N–H and O–H groups in total. The normalized spacial score (nSPS) is 19.4. The van der Waals surface area contributed by atoms with E-state index in [4.69, 9.17) is 4.74 Å². The van der Waals surface area contributed by atoms with Gasteiger partial charge in [-0.15, -0.1) is 11.3 Å². The van der Waals surface area contributed by atoms with E-state index in [1.54, 1.807) is 24.6 Å². The first-order chi connectivity index (χ1) is 12.9. The summed E-state index contributed by atoms with van der Waals surface area (Å²) in [5.74, 6) is 0.317. The zero-order valence-corrected chi connectivity index (χ0v) is 17.1. The first-order valence-corrected chi connectivity index (χ1v) is 11.2. The number of rotatable bonds is 6. The van der Waals surface area contributed by atoms with Gasteiger partial charge in [0.15, 0.2) is 0 Å². The van der Waals surface area contributed by atoms with Crippen molar-refractivity contribution in [3.05, 3.63) is 47.3 Å². The fraction of sp³-hybridized carbons (Fsp3) is 0.421. The van der Waals surface area contributed by atoms with E-state index in [0.717, 1.165) is 11.3 Å². The van der Waals surface area contributed by atoms with Gasteiger partial charge in [-0.1, -0.05) is 18.2 Å². The molecule has 1 aliphatic heterocycles. The molecule has 0 radical (unpaired) electrons. The summed E-state index contributed by atoms with van der Waals surface area (Å²) < 4.78 is 32.3. The standard InChI is InChI=1S/C19H24N2O4S2/c1-14(15-7-9-17(25-2)10-8-15)20-19(22)16-5-3-11-21(13-16)27(23,24)18-6-4-12-26-18/h4,6-10,12,14,16H,3,5,11,13H2,1-2H3,(H,20,22)/t14-,16+/m0/s1. The smallest absolute Gasteiger partial charge is 0.252 e. The second-order valence-electron chi connectivity index (χ2n) is 6.64. The van der Waals surface area contributed by atoms with Crippen LogP contribution in [-0.2, 0) is 14.8 Å². The molecule has 2 aromatic rings. The third-order valence-electron chi connectivity index (χ3n) is 4.82. The highest BCUT2D eigenvalue weighted by molar-refractivity contribution is 7.91. The van der Waals surface area contributed by atoms with E-state index in [-0.39, 0.29) is 24.4 Å². The van der Waals surface area contributed by atoms with Gasteiger partial charge in [-0.05, 0) is 48.9 Å². The van der Waals surface area contributed by atoms with Crippen LogP contribution in [-0.4, -0.2) is 38.8 Å². The van der Waals surface area contributed by atoms with Crippen LogP contribution in [0.2, 0.25) is 0 Å². The molecule has 0 bridgehead atoms. The molecule has 1 aromatic carbocycles. The van der Waals surface area contributed by atoms with Crippen LogP contribution in [0.25, 0.3) is 0 Å². The SMILES string of the molecule is COc1ccc([C@H](C)NC(=O)[C@@H]2CCCN(S(=O)(=O)c3cccs3)C2)cc1. The van der Waals surface area contributed by atoms with Gasteiger partial charge in [-0.2, -0.15) is 4.31 Å². The van der Waals surface area contributed by atoms with E-state index in [2.05, 4.69) is 5.32 Å². The Morgan fingerprint density at radius 1 is 1.30 bits per heavy atom. The van der Waals surface area contributed by atoms with Crippen LogP contribution < -0.4 is 10.1 Å². The minimum Gasteiger partial charge on any atom is -0.497 e. The Morgan fingerprint density at radius 2 is 2.04 bits per heavy atom. The molecule has 0 aliphatic carbocycles. The number of carbonyl (C=O) groups excluding carboxylic acids is 1. The lowest BCUT2D eigenvalue weighted by Crippen LogP contribution is -2.45. The summed E-state index contributed by atoms with van der Waals surface area (Å²) in [6.45, 7) is 2.60. The van der Waals surface area contributed by atoms with Gasteiger partial charge in [0.1, 0.15) is 9.96 Å². The van der Waals surface area contributed by atoms with E-state index in [1.807, 2.05) is 31.2 Å². The molecule has 1 amide bonds. The van der Waals surface area contributed by atoms with Gasteiger partial charge >= 0.3 is 0 Å². The lowest BCUT2D eigenvalue weighted by Gasteiger charge is -2.31. The first-order valence-electron chi connectivity index (χ1n) is 8.90. The molecule has 146 valence electrons. The summed E-state index contributed by atoms with van der Waals surface area (Å²) in [4.78, 5) is 12.7. The summed E-state index contributed by atoms with van der Waals surface area (Å²) in [6, 6.07) is 10.7. The summed E-state index contributed by atoms with van der Waals surface area (Å²) in [7, 11) is -1.91. The zero-order chi connectivity index (χ0) is 19.4. The zero-order valence-electron chi connectivity index (χ0n) is 15.4. The van der Waals surface area contributed by atoms with Crippen molar-refractivity contribution < 1.29 is 17.9 Å². The summed E-state index contributed by atoms with van der Waals surface area (Å²) in [6.07, 6.45) is 1.37. The third-order valence-corrected chi connectivity index (χ3v) is 8.06. The predicted octanol–water partition coefficient (Wildman–Crippen LogP) is 3.03. The van der Waals surface area contributed by atoms with Crippen LogP contribution in [0.15, 0.2) is 46.0 Å². The number of thiophene rings is 1. The number of methoxy groups -OCH3 is 1. The average Bonchev–Trinajstić information content (AvgIpc) is 3.24. The number of hydrogen-bond acceptors (Lipinski definition) is 5. The maximum atomic E-state index is 12.7. The average molecular weight is 409 g/mol. The molecular formula is C19H24N2O4S2. The van der Waals surface area contributed by atoms with Crippen molar-refractivity contribution in [2.24, 2.45) is 5.92 Å².